The van der Waals surface area contributed by atoms with Crippen LogP contribution in [0.25, 0.3) is 11.1 Å². The molecule has 1 fully saturated rings. The topological polar surface area (TPSA) is 41.7 Å². The second-order valence-electron chi connectivity index (χ2n) is 7.36. The fourth-order valence-electron chi connectivity index (χ4n) is 3.44. The number of nitrogens with zero attached hydrogens (tertiary/aromatic N) is 3. The predicted molar refractivity (Wildman–Crippen MR) is 107 cm³/mol. The molecular formula is C22H27N3O2. The van der Waals surface area contributed by atoms with E-state index in [9.17, 15) is 0 Å². The zero-order valence-electron chi connectivity index (χ0n) is 16.1. The normalized spacial score (nSPS) is 16.1. The van der Waals surface area contributed by atoms with Crippen LogP contribution in [0.5, 0.6) is 5.75 Å². The van der Waals surface area contributed by atoms with Gasteiger partial charge in [0.1, 0.15) is 17.9 Å². The molecule has 2 heterocycles. The van der Waals surface area contributed by atoms with E-state index >= 15 is 0 Å². The van der Waals surface area contributed by atoms with Crippen LogP contribution in [0.15, 0.2) is 46.9 Å². The zero-order chi connectivity index (χ0) is 18.6. The van der Waals surface area contributed by atoms with Gasteiger partial charge < -0.3 is 9.15 Å². The first-order valence-corrected chi connectivity index (χ1v) is 9.66. The summed E-state index contributed by atoms with van der Waals surface area (Å²) < 4.78 is 11.7. The number of hydrogen-bond donors (Lipinski definition) is 0. The summed E-state index contributed by atoms with van der Waals surface area (Å²) in [4.78, 5) is 9.50. The molecule has 142 valence electrons. The highest BCUT2D eigenvalue weighted by Crippen LogP contribution is 2.18. The SMILES string of the molecule is Cc1ccc(OCCN2CCN(Cc3nc4cc(C)ccc4o3)CC2)cc1. The predicted octanol–water partition coefficient (Wildman–Crippen LogP) is 3.64. The maximum atomic E-state index is 5.89. The Morgan fingerprint density at radius 1 is 0.926 bits per heavy atom. The number of rotatable bonds is 6. The van der Waals surface area contributed by atoms with Crippen molar-refractivity contribution in [3.8, 4) is 5.75 Å². The van der Waals surface area contributed by atoms with Gasteiger partial charge in [0.05, 0.1) is 6.54 Å². The lowest BCUT2D eigenvalue weighted by Gasteiger charge is -2.33. The van der Waals surface area contributed by atoms with Gasteiger partial charge in [-0.1, -0.05) is 23.8 Å². The quantitative estimate of drug-likeness (QED) is 0.667. The third-order valence-electron chi connectivity index (χ3n) is 5.11. The van der Waals surface area contributed by atoms with Crippen molar-refractivity contribution < 1.29 is 9.15 Å². The van der Waals surface area contributed by atoms with Gasteiger partial charge in [0, 0.05) is 32.7 Å². The molecule has 0 saturated carbocycles. The summed E-state index contributed by atoms with van der Waals surface area (Å²) >= 11 is 0. The van der Waals surface area contributed by atoms with E-state index in [0.29, 0.717) is 0 Å². The van der Waals surface area contributed by atoms with Crippen LogP contribution in [-0.4, -0.2) is 54.1 Å². The Morgan fingerprint density at radius 3 is 2.41 bits per heavy atom. The molecule has 0 amide bonds. The standard InChI is InChI=1S/C22H27N3O2/c1-17-3-6-19(7-4-17)26-14-13-24-9-11-25(12-10-24)16-22-23-20-15-18(2)5-8-21(20)27-22/h3-8,15H,9-14,16H2,1-2H3. The Kier molecular flexibility index (Phi) is 5.41. The Bertz CT molecular complexity index is 880. The van der Waals surface area contributed by atoms with Gasteiger partial charge in [-0.25, -0.2) is 4.98 Å². The van der Waals surface area contributed by atoms with E-state index in [1.807, 2.05) is 18.2 Å². The van der Waals surface area contributed by atoms with Gasteiger partial charge in [0.2, 0.25) is 5.89 Å². The van der Waals surface area contributed by atoms with Crippen LogP contribution in [0.2, 0.25) is 0 Å². The minimum absolute atomic E-state index is 0.730. The molecule has 2 aromatic carbocycles. The molecule has 0 aliphatic carbocycles. The number of aromatic nitrogens is 1. The minimum atomic E-state index is 0.730. The minimum Gasteiger partial charge on any atom is -0.492 e. The molecule has 27 heavy (non-hydrogen) atoms. The van der Waals surface area contributed by atoms with Gasteiger partial charge in [-0.3, -0.25) is 9.80 Å². The lowest BCUT2D eigenvalue weighted by molar-refractivity contribution is 0.107. The number of aryl methyl sites for hydroxylation is 2. The summed E-state index contributed by atoms with van der Waals surface area (Å²) in [5, 5.41) is 0. The zero-order valence-corrected chi connectivity index (χ0v) is 16.1. The molecule has 3 aromatic rings. The lowest BCUT2D eigenvalue weighted by atomic mass is 10.2. The van der Waals surface area contributed by atoms with Crippen LogP contribution in [0, 0.1) is 13.8 Å². The molecule has 0 spiro atoms. The van der Waals surface area contributed by atoms with Crippen LogP contribution in [0.4, 0.5) is 0 Å². The first-order valence-electron chi connectivity index (χ1n) is 9.66. The fraction of sp³-hybridized carbons (Fsp3) is 0.409. The number of fused-ring (bicyclic) bond motifs is 1. The number of oxazole rings is 1. The molecule has 1 saturated heterocycles. The van der Waals surface area contributed by atoms with Crippen LogP contribution >= 0.6 is 0 Å². The molecule has 0 unspecified atom stereocenters. The molecule has 0 N–H and O–H groups in total. The van der Waals surface area contributed by atoms with Crippen molar-refractivity contribution in [1.82, 2.24) is 14.8 Å². The smallest absolute Gasteiger partial charge is 0.209 e. The highest BCUT2D eigenvalue weighted by atomic mass is 16.5. The molecule has 1 aliphatic rings. The van der Waals surface area contributed by atoms with E-state index in [1.165, 1.54) is 11.1 Å². The van der Waals surface area contributed by atoms with Crippen molar-refractivity contribution in [2.24, 2.45) is 0 Å². The fourth-order valence-corrected chi connectivity index (χ4v) is 3.44. The summed E-state index contributed by atoms with van der Waals surface area (Å²) in [7, 11) is 0. The summed E-state index contributed by atoms with van der Waals surface area (Å²) in [5.74, 6) is 1.76. The monoisotopic (exact) mass is 365 g/mol. The van der Waals surface area contributed by atoms with Gasteiger partial charge in [0.15, 0.2) is 5.58 Å². The van der Waals surface area contributed by atoms with Gasteiger partial charge in [-0.2, -0.15) is 0 Å². The van der Waals surface area contributed by atoms with Crippen LogP contribution < -0.4 is 4.74 Å². The van der Waals surface area contributed by atoms with E-state index in [-0.39, 0.29) is 0 Å². The largest absolute Gasteiger partial charge is 0.492 e. The third-order valence-corrected chi connectivity index (χ3v) is 5.11. The van der Waals surface area contributed by atoms with Crippen molar-refractivity contribution in [3.05, 3.63) is 59.5 Å². The van der Waals surface area contributed by atoms with Crippen LogP contribution in [-0.2, 0) is 6.54 Å². The first kappa shape index (κ1) is 18.0. The third kappa shape index (κ3) is 4.67. The number of benzene rings is 2. The second kappa shape index (κ2) is 8.11. The lowest BCUT2D eigenvalue weighted by Crippen LogP contribution is -2.47. The van der Waals surface area contributed by atoms with Crippen LogP contribution in [0.3, 0.4) is 0 Å². The average molecular weight is 365 g/mol. The van der Waals surface area contributed by atoms with E-state index in [0.717, 1.165) is 68.6 Å². The van der Waals surface area contributed by atoms with Crippen molar-refractivity contribution in [2.45, 2.75) is 20.4 Å². The number of ether oxygens (including phenoxy) is 1. The van der Waals surface area contributed by atoms with Crippen molar-refractivity contribution in [3.63, 3.8) is 0 Å². The molecule has 5 nitrogen and oxygen atoms in total. The molecule has 1 aliphatic heterocycles. The Labute approximate surface area is 160 Å². The van der Waals surface area contributed by atoms with Crippen molar-refractivity contribution >= 4 is 11.1 Å². The maximum Gasteiger partial charge on any atom is 0.209 e. The van der Waals surface area contributed by atoms with Gasteiger partial charge in [0.25, 0.3) is 0 Å². The average Bonchev–Trinajstić information content (AvgIpc) is 3.06. The van der Waals surface area contributed by atoms with Crippen molar-refractivity contribution in [2.75, 3.05) is 39.3 Å². The van der Waals surface area contributed by atoms with E-state index in [1.54, 1.807) is 0 Å². The van der Waals surface area contributed by atoms with Gasteiger partial charge in [-0.05, 0) is 43.7 Å². The molecule has 5 heteroatoms. The molecule has 4 rings (SSSR count). The Hall–Kier alpha value is -2.37. The number of hydrogen-bond acceptors (Lipinski definition) is 5. The number of piperazine rings is 1. The summed E-state index contributed by atoms with van der Waals surface area (Å²) in [6.45, 7) is 10.8. The summed E-state index contributed by atoms with van der Waals surface area (Å²) in [5.41, 5.74) is 4.30. The second-order valence-corrected chi connectivity index (χ2v) is 7.36. The summed E-state index contributed by atoms with van der Waals surface area (Å²) in [6, 6.07) is 14.4. The molecular weight excluding hydrogens is 338 g/mol. The molecule has 0 radical (unpaired) electrons. The molecule has 1 aromatic heterocycles. The summed E-state index contributed by atoms with van der Waals surface area (Å²) in [6.07, 6.45) is 0. The molecule has 0 bridgehead atoms. The van der Waals surface area contributed by atoms with E-state index in [4.69, 9.17) is 9.15 Å². The maximum absolute atomic E-state index is 5.89. The van der Waals surface area contributed by atoms with Crippen molar-refractivity contribution in [1.29, 1.82) is 0 Å². The van der Waals surface area contributed by atoms with Crippen LogP contribution in [0.1, 0.15) is 17.0 Å². The Morgan fingerprint density at radius 2 is 1.63 bits per heavy atom. The van der Waals surface area contributed by atoms with E-state index < -0.39 is 0 Å². The van der Waals surface area contributed by atoms with Gasteiger partial charge in [-0.15, -0.1) is 0 Å². The Balaban J connectivity index is 1.22. The first-order chi connectivity index (χ1) is 13.2. The van der Waals surface area contributed by atoms with Gasteiger partial charge >= 0.3 is 0 Å². The highest BCUT2D eigenvalue weighted by Gasteiger charge is 2.19. The van der Waals surface area contributed by atoms with E-state index in [2.05, 4.69) is 52.9 Å². The molecule has 0 atom stereocenters. The highest BCUT2D eigenvalue weighted by molar-refractivity contribution is 5.73.